The summed E-state index contributed by atoms with van der Waals surface area (Å²) in [7, 11) is 0. The number of hydrogen-bond donors (Lipinski definition) is 0. The van der Waals surface area contributed by atoms with Crippen LogP contribution >= 0.6 is 0 Å². The van der Waals surface area contributed by atoms with E-state index in [1.165, 1.54) is 43.7 Å². The first-order chi connectivity index (χ1) is 22.3. The Bertz CT molecular complexity index is 2610. The van der Waals surface area contributed by atoms with Crippen LogP contribution in [0.2, 0.25) is 0 Å². The van der Waals surface area contributed by atoms with Crippen molar-refractivity contribution in [1.29, 1.82) is 0 Å². The van der Waals surface area contributed by atoms with Crippen LogP contribution in [-0.4, -0.2) is 19.1 Å². The molecule has 10 rings (SSSR count). The molecule has 0 N–H and O–H groups in total. The lowest BCUT2D eigenvalue weighted by atomic mass is 10.1. The normalized spacial score (nSPS) is 12.4. The molecule has 0 radical (unpaired) electrons. The van der Waals surface area contributed by atoms with Gasteiger partial charge in [0, 0.05) is 50.3 Å². The van der Waals surface area contributed by atoms with Crippen LogP contribution in [-0.2, 0) is 6.42 Å². The maximum absolute atomic E-state index is 5.45. The number of para-hydroxylation sites is 3. The minimum Gasteiger partial charge on any atom is -0.307 e. The summed E-state index contributed by atoms with van der Waals surface area (Å²) in [5.41, 5.74) is 11.5. The Morgan fingerprint density at radius 2 is 1.04 bits per heavy atom. The number of fused-ring (bicyclic) bond motifs is 10. The molecule has 0 saturated heterocycles. The Hall–Kier alpha value is -6.00. The van der Waals surface area contributed by atoms with Crippen LogP contribution in [0.5, 0.6) is 0 Å². The van der Waals surface area contributed by atoms with Crippen LogP contribution in [0.15, 0.2) is 146 Å². The van der Waals surface area contributed by atoms with Crippen molar-refractivity contribution in [2.75, 3.05) is 0 Å². The molecule has 9 aromatic rings. The van der Waals surface area contributed by atoms with Gasteiger partial charge >= 0.3 is 0 Å². The minimum atomic E-state index is 0.739. The fourth-order valence-electron chi connectivity index (χ4n) is 7.42. The summed E-state index contributed by atoms with van der Waals surface area (Å²) in [5.74, 6) is 1.68. The van der Waals surface area contributed by atoms with E-state index >= 15 is 0 Å². The Balaban J connectivity index is 1.43. The van der Waals surface area contributed by atoms with Crippen LogP contribution in [0, 0.1) is 0 Å². The van der Waals surface area contributed by atoms with Gasteiger partial charge in [-0.15, -0.1) is 0 Å². The third-order valence-electron chi connectivity index (χ3n) is 9.35. The monoisotopic (exact) mass is 574 g/mol. The predicted octanol–water partition coefficient (Wildman–Crippen LogP) is 9.91. The molecule has 3 heterocycles. The van der Waals surface area contributed by atoms with Crippen molar-refractivity contribution in [2.45, 2.75) is 6.42 Å². The Kier molecular flexibility index (Phi) is 5.02. The molecule has 0 atom stereocenters. The maximum atomic E-state index is 5.45. The lowest BCUT2D eigenvalue weighted by molar-refractivity contribution is 1.01. The molecular weight excluding hydrogens is 548 g/mol. The number of hydrogen-bond acceptors (Lipinski definition) is 2. The van der Waals surface area contributed by atoms with E-state index in [-0.39, 0.29) is 0 Å². The van der Waals surface area contributed by atoms with Gasteiger partial charge in [-0.1, -0.05) is 121 Å². The highest BCUT2D eigenvalue weighted by Crippen LogP contribution is 2.44. The summed E-state index contributed by atoms with van der Waals surface area (Å²) < 4.78 is 4.85. The van der Waals surface area contributed by atoms with Gasteiger partial charge in [-0.05, 0) is 29.8 Å². The highest BCUT2D eigenvalue weighted by atomic mass is 15.1. The highest BCUT2D eigenvalue weighted by Gasteiger charge is 2.29. The molecular formula is C41H26N4. The molecule has 0 aliphatic heterocycles. The van der Waals surface area contributed by atoms with Crippen LogP contribution in [0.3, 0.4) is 0 Å². The average Bonchev–Trinajstić information content (AvgIpc) is 3.76. The van der Waals surface area contributed by atoms with Gasteiger partial charge in [-0.25, -0.2) is 9.97 Å². The summed E-state index contributed by atoms with van der Waals surface area (Å²) in [6.45, 7) is 0. The van der Waals surface area contributed by atoms with Crippen molar-refractivity contribution in [2.24, 2.45) is 0 Å². The largest absolute Gasteiger partial charge is 0.307 e. The fourth-order valence-corrected chi connectivity index (χ4v) is 7.42. The minimum absolute atomic E-state index is 0.739. The molecule has 4 heteroatoms. The first kappa shape index (κ1) is 24.4. The summed E-state index contributed by atoms with van der Waals surface area (Å²) in [6, 6.07) is 51.8. The quantitative estimate of drug-likeness (QED) is 0.211. The van der Waals surface area contributed by atoms with Crippen molar-refractivity contribution in [1.82, 2.24) is 19.1 Å². The second-order valence-corrected chi connectivity index (χ2v) is 11.8. The third-order valence-corrected chi connectivity index (χ3v) is 9.35. The molecule has 6 aromatic carbocycles. The third kappa shape index (κ3) is 3.42. The van der Waals surface area contributed by atoms with Gasteiger partial charge in [-0.3, -0.25) is 4.57 Å². The Labute approximate surface area is 259 Å². The number of aromatic nitrogens is 4. The lowest BCUT2D eigenvalue weighted by Crippen LogP contribution is -2.07. The van der Waals surface area contributed by atoms with Crippen molar-refractivity contribution in [3.05, 3.63) is 157 Å². The molecule has 1 aliphatic rings. The van der Waals surface area contributed by atoms with Crippen LogP contribution in [0.4, 0.5) is 0 Å². The zero-order valence-corrected chi connectivity index (χ0v) is 24.4. The van der Waals surface area contributed by atoms with Gasteiger partial charge in [0.05, 0.1) is 27.8 Å². The molecule has 45 heavy (non-hydrogen) atoms. The fraction of sp³-hybridized carbons (Fsp3) is 0.0244. The van der Waals surface area contributed by atoms with Crippen molar-refractivity contribution < 1.29 is 0 Å². The second-order valence-electron chi connectivity index (χ2n) is 11.8. The van der Waals surface area contributed by atoms with Crippen LogP contribution in [0.1, 0.15) is 11.1 Å². The standard InChI is InChI=1S/C41H26N4/c1-3-13-26(14-4-1)40-42-37-29-18-8-7-15-27(29)25-34(37)41(43-40)45-36-22-12-10-20-31(36)33-24-23-32-30-19-9-11-21-35(30)44(38(32)39(33)45)28-16-5-2-6-17-28/h1-24H,25H2. The van der Waals surface area contributed by atoms with Crippen LogP contribution in [0.25, 0.3) is 77.8 Å². The Morgan fingerprint density at radius 1 is 0.467 bits per heavy atom. The zero-order chi connectivity index (χ0) is 29.5. The second kappa shape index (κ2) is 9.25. The van der Waals surface area contributed by atoms with E-state index in [0.29, 0.717) is 0 Å². The van der Waals surface area contributed by atoms with Crippen molar-refractivity contribution in [3.63, 3.8) is 0 Å². The molecule has 0 fully saturated rings. The molecule has 1 aliphatic carbocycles. The van der Waals surface area contributed by atoms with Gasteiger partial charge in [0.15, 0.2) is 5.82 Å². The topological polar surface area (TPSA) is 35.6 Å². The van der Waals surface area contributed by atoms with E-state index in [0.717, 1.165) is 51.6 Å². The number of nitrogens with zero attached hydrogens (tertiary/aromatic N) is 4. The Morgan fingerprint density at radius 3 is 1.78 bits per heavy atom. The molecule has 0 spiro atoms. The summed E-state index contributed by atoms with van der Waals surface area (Å²) in [6.07, 6.45) is 0.793. The smallest absolute Gasteiger partial charge is 0.162 e. The molecule has 0 saturated carbocycles. The van der Waals surface area contributed by atoms with Crippen molar-refractivity contribution in [3.8, 4) is 34.2 Å². The van der Waals surface area contributed by atoms with E-state index in [9.17, 15) is 0 Å². The lowest BCUT2D eigenvalue weighted by Gasteiger charge is -2.16. The first-order valence-electron chi connectivity index (χ1n) is 15.4. The predicted molar refractivity (Wildman–Crippen MR) is 184 cm³/mol. The van der Waals surface area contributed by atoms with Gasteiger partial charge in [0.25, 0.3) is 0 Å². The number of benzene rings is 6. The van der Waals surface area contributed by atoms with E-state index < -0.39 is 0 Å². The van der Waals surface area contributed by atoms with Gasteiger partial charge in [0.1, 0.15) is 5.82 Å². The SMILES string of the molecule is c1ccc(-c2nc3c(c(-n4c5ccccc5c5ccc6c7ccccc7n(-c7ccccc7)c6c54)n2)Cc2ccccc2-3)cc1. The maximum Gasteiger partial charge on any atom is 0.162 e. The first-order valence-corrected chi connectivity index (χ1v) is 15.4. The molecule has 0 bridgehead atoms. The zero-order valence-electron chi connectivity index (χ0n) is 24.4. The van der Waals surface area contributed by atoms with Crippen LogP contribution < -0.4 is 0 Å². The van der Waals surface area contributed by atoms with E-state index in [4.69, 9.17) is 9.97 Å². The molecule has 210 valence electrons. The summed E-state index contributed by atoms with van der Waals surface area (Å²) in [4.78, 5) is 10.7. The van der Waals surface area contributed by atoms with E-state index in [1.807, 2.05) is 6.07 Å². The van der Waals surface area contributed by atoms with Gasteiger partial charge in [-0.2, -0.15) is 0 Å². The molecule has 4 nitrogen and oxygen atoms in total. The molecule has 0 unspecified atom stereocenters. The summed E-state index contributed by atoms with van der Waals surface area (Å²) in [5, 5.41) is 4.88. The number of rotatable bonds is 3. The summed E-state index contributed by atoms with van der Waals surface area (Å²) >= 11 is 0. The molecule has 3 aromatic heterocycles. The molecule has 0 amide bonds. The van der Waals surface area contributed by atoms with Gasteiger partial charge < -0.3 is 4.57 Å². The van der Waals surface area contributed by atoms with E-state index in [2.05, 4.69) is 149 Å². The average molecular weight is 575 g/mol. The van der Waals surface area contributed by atoms with Gasteiger partial charge in [0.2, 0.25) is 0 Å². The van der Waals surface area contributed by atoms with E-state index in [1.54, 1.807) is 0 Å². The van der Waals surface area contributed by atoms with Crippen molar-refractivity contribution >= 4 is 43.6 Å². The highest BCUT2D eigenvalue weighted by molar-refractivity contribution is 6.23.